The maximum Gasteiger partial charge on any atom is 0.222 e. The zero-order chi connectivity index (χ0) is 22.5. The minimum absolute atomic E-state index is 0.00801. The SMILES string of the molecule is CC(C)(C)N1CC(C(C)(C)C)(C(C)(C)C)c2c1ccc(Cl)c2CNc1ncccn1. The molecule has 1 N–H and O–H groups in total. The fourth-order valence-corrected chi connectivity index (χ4v) is 5.62. The van der Waals surface area contributed by atoms with Crippen molar-refractivity contribution >= 4 is 23.2 Å². The van der Waals surface area contributed by atoms with Crippen LogP contribution in [0.2, 0.25) is 5.02 Å². The van der Waals surface area contributed by atoms with Crippen LogP contribution in [0.3, 0.4) is 0 Å². The molecule has 1 aliphatic heterocycles. The average Bonchev–Trinajstić information content (AvgIpc) is 2.98. The van der Waals surface area contributed by atoms with Crippen molar-refractivity contribution in [3.63, 3.8) is 0 Å². The second-order valence-electron chi connectivity index (χ2n) is 11.5. The second-order valence-corrected chi connectivity index (χ2v) is 11.9. The van der Waals surface area contributed by atoms with Crippen LogP contribution in [0.25, 0.3) is 0 Å². The molecule has 0 saturated heterocycles. The fraction of sp³-hybridized carbons (Fsp3) is 0.600. The van der Waals surface area contributed by atoms with Crippen LogP contribution in [0.1, 0.15) is 73.4 Å². The van der Waals surface area contributed by atoms with Gasteiger partial charge in [-0.05, 0) is 60.9 Å². The van der Waals surface area contributed by atoms with Gasteiger partial charge in [0.2, 0.25) is 5.95 Å². The zero-order valence-corrected chi connectivity index (χ0v) is 20.8. The lowest BCUT2D eigenvalue weighted by Crippen LogP contribution is -2.55. The van der Waals surface area contributed by atoms with Gasteiger partial charge in [-0.1, -0.05) is 53.1 Å². The van der Waals surface area contributed by atoms with Gasteiger partial charge in [0.05, 0.1) is 0 Å². The van der Waals surface area contributed by atoms with Gasteiger partial charge in [0.25, 0.3) is 0 Å². The molecule has 0 amide bonds. The Balaban J connectivity index is 2.26. The topological polar surface area (TPSA) is 41.0 Å². The van der Waals surface area contributed by atoms with Crippen molar-refractivity contribution in [1.82, 2.24) is 9.97 Å². The fourth-order valence-electron chi connectivity index (χ4n) is 5.39. The summed E-state index contributed by atoms with van der Waals surface area (Å²) < 4.78 is 0. The molecule has 0 fully saturated rings. The molecule has 1 aromatic heterocycles. The lowest BCUT2D eigenvalue weighted by Gasteiger charge is -2.53. The van der Waals surface area contributed by atoms with Crippen LogP contribution in [-0.4, -0.2) is 22.1 Å². The maximum absolute atomic E-state index is 6.86. The predicted molar refractivity (Wildman–Crippen MR) is 128 cm³/mol. The standard InChI is InChI=1S/C25H37ClN4/c1-22(2,3)25(23(4,5)6)16-30(24(7,8)9)19-12-11-18(26)17(20(19)25)15-29-21-27-13-10-14-28-21/h10-14H,15-16H2,1-9H3,(H,27,28,29). The van der Waals surface area contributed by atoms with E-state index in [1.807, 2.05) is 12.1 Å². The van der Waals surface area contributed by atoms with Crippen LogP contribution in [0.5, 0.6) is 0 Å². The van der Waals surface area contributed by atoms with E-state index < -0.39 is 0 Å². The molecule has 2 aromatic rings. The van der Waals surface area contributed by atoms with Gasteiger partial charge < -0.3 is 10.2 Å². The Hall–Kier alpha value is -1.81. The van der Waals surface area contributed by atoms with E-state index in [0.29, 0.717) is 12.5 Å². The van der Waals surface area contributed by atoms with Gasteiger partial charge in [0.1, 0.15) is 0 Å². The number of benzene rings is 1. The summed E-state index contributed by atoms with van der Waals surface area (Å²) in [7, 11) is 0. The number of fused-ring (bicyclic) bond motifs is 1. The smallest absolute Gasteiger partial charge is 0.222 e. The Morgan fingerprint density at radius 1 is 0.967 bits per heavy atom. The lowest BCUT2D eigenvalue weighted by atomic mass is 9.51. The first kappa shape index (κ1) is 22.9. The van der Waals surface area contributed by atoms with E-state index in [9.17, 15) is 0 Å². The van der Waals surface area contributed by atoms with Crippen LogP contribution in [0, 0.1) is 10.8 Å². The predicted octanol–water partition coefficient (Wildman–Crippen LogP) is 6.69. The molecule has 30 heavy (non-hydrogen) atoms. The Bertz CT molecular complexity index is 888. The quantitative estimate of drug-likeness (QED) is 0.591. The number of hydrogen-bond donors (Lipinski definition) is 1. The lowest BCUT2D eigenvalue weighted by molar-refractivity contribution is 0.0629. The van der Waals surface area contributed by atoms with Gasteiger partial charge in [0.15, 0.2) is 0 Å². The summed E-state index contributed by atoms with van der Waals surface area (Å²) in [6, 6.07) is 6.08. The Kier molecular flexibility index (Phi) is 5.64. The van der Waals surface area contributed by atoms with Crippen molar-refractivity contribution in [2.24, 2.45) is 10.8 Å². The number of aromatic nitrogens is 2. The van der Waals surface area contributed by atoms with E-state index in [-0.39, 0.29) is 21.8 Å². The van der Waals surface area contributed by atoms with Crippen molar-refractivity contribution in [3.05, 3.63) is 46.7 Å². The molecular weight excluding hydrogens is 392 g/mol. The molecule has 0 spiro atoms. The Morgan fingerprint density at radius 2 is 1.53 bits per heavy atom. The van der Waals surface area contributed by atoms with Crippen molar-refractivity contribution in [2.45, 2.75) is 79.8 Å². The summed E-state index contributed by atoms with van der Waals surface area (Å²) in [5, 5.41) is 4.20. The van der Waals surface area contributed by atoms with Crippen LogP contribution in [0.4, 0.5) is 11.6 Å². The molecule has 2 heterocycles. The van der Waals surface area contributed by atoms with Gasteiger partial charge in [-0.3, -0.25) is 0 Å². The summed E-state index contributed by atoms with van der Waals surface area (Å²) in [5.41, 5.74) is 3.80. The van der Waals surface area contributed by atoms with Crippen molar-refractivity contribution < 1.29 is 0 Å². The number of rotatable bonds is 3. The van der Waals surface area contributed by atoms with Crippen molar-refractivity contribution in [3.8, 4) is 0 Å². The molecule has 0 radical (unpaired) electrons. The molecule has 0 bridgehead atoms. The largest absolute Gasteiger partial charge is 0.366 e. The molecule has 3 rings (SSSR count). The van der Waals surface area contributed by atoms with E-state index in [0.717, 1.165) is 17.1 Å². The minimum Gasteiger partial charge on any atom is -0.366 e. The third kappa shape index (κ3) is 3.68. The van der Waals surface area contributed by atoms with Gasteiger partial charge >= 0.3 is 0 Å². The summed E-state index contributed by atoms with van der Waals surface area (Å²) in [6.45, 7) is 22.6. The third-order valence-electron chi connectivity index (χ3n) is 6.71. The molecule has 0 unspecified atom stereocenters. The summed E-state index contributed by atoms with van der Waals surface area (Å²) in [6.07, 6.45) is 3.50. The summed E-state index contributed by atoms with van der Waals surface area (Å²) >= 11 is 6.86. The molecular formula is C25H37ClN4. The number of hydrogen-bond acceptors (Lipinski definition) is 4. The van der Waals surface area contributed by atoms with E-state index in [1.165, 1.54) is 11.3 Å². The number of nitrogens with zero attached hydrogens (tertiary/aromatic N) is 3. The number of halogens is 1. The summed E-state index contributed by atoms with van der Waals surface area (Å²) in [4.78, 5) is 11.2. The Labute approximate surface area is 187 Å². The third-order valence-corrected chi connectivity index (χ3v) is 7.06. The highest BCUT2D eigenvalue weighted by atomic mass is 35.5. The molecule has 0 saturated carbocycles. The van der Waals surface area contributed by atoms with Crippen LogP contribution in [0.15, 0.2) is 30.6 Å². The first-order chi connectivity index (χ1) is 13.7. The average molecular weight is 429 g/mol. The number of anilines is 2. The van der Waals surface area contributed by atoms with E-state index in [4.69, 9.17) is 11.6 Å². The molecule has 1 aliphatic rings. The number of nitrogens with one attached hydrogen (secondary N) is 1. The van der Waals surface area contributed by atoms with Crippen LogP contribution >= 0.6 is 11.6 Å². The van der Waals surface area contributed by atoms with Crippen LogP contribution in [-0.2, 0) is 12.0 Å². The normalized spacial score (nSPS) is 16.5. The van der Waals surface area contributed by atoms with E-state index in [2.05, 4.69) is 88.6 Å². The molecule has 5 heteroatoms. The van der Waals surface area contributed by atoms with Crippen molar-refractivity contribution in [2.75, 3.05) is 16.8 Å². The second kappa shape index (κ2) is 7.40. The molecule has 0 atom stereocenters. The van der Waals surface area contributed by atoms with Gasteiger partial charge in [-0.25, -0.2) is 9.97 Å². The highest BCUT2D eigenvalue weighted by Crippen LogP contribution is 2.62. The highest BCUT2D eigenvalue weighted by Gasteiger charge is 2.59. The highest BCUT2D eigenvalue weighted by molar-refractivity contribution is 6.31. The first-order valence-corrected chi connectivity index (χ1v) is 11.2. The monoisotopic (exact) mass is 428 g/mol. The summed E-state index contributed by atoms with van der Waals surface area (Å²) in [5.74, 6) is 0.619. The van der Waals surface area contributed by atoms with E-state index in [1.54, 1.807) is 12.4 Å². The van der Waals surface area contributed by atoms with Crippen LogP contribution < -0.4 is 10.2 Å². The van der Waals surface area contributed by atoms with Gasteiger partial charge in [0, 0.05) is 47.1 Å². The molecule has 4 nitrogen and oxygen atoms in total. The molecule has 1 aromatic carbocycles. The van der Waals surface area contributed by atoms with Gasteiger partial charge in [-0.2, -0.15) is 0 Å². The maximum atomic E-state index is 6.86. The minimum atomic E-state index is -0.0813. The molecule has 0 aliphatic carbocycles. The molecule has 164 valence electrons. The Morgan fingerprint density at radius 3 is 2.03 bits per heavy atom. The van der Waals surface area contributed by atoms with E-state index >= 15 is 0 Å². The van der Waals surface area contributed by atoms with Crippen molar-refractivity contribution in [1.29, 1.82) is 0 Å². The first-order valence-electron chi connectivity index (χ1n) is 10.8. The zero-order valence-electron chi connectivity index (χ0n) is 20.0. The van der Waals surface area contributed by atoms with Gasteiger partial charge in [-0.15, -0.1) is 0 Å².